The van der Waals surface area contributed by atoms with Crippen molar-refractivity contribution in [1.29, 1.82) is 0 Å². The number of likely N-dealkylation sites (N-methyl/N-ethyl adjacent to an activating group) is 1. The average molecular weight is 446 g/mol. The van der Waals surface area contributed by atoms with Crippen molar-refractivity contribution in [3.05, 3.63) is 66.2 Å². The van der Waals surface area contributed by atoms with E-state index in [1.54, 1.807) is 30.3 Å². The largest absolute Gasteiger partial charge is 0.355 e. The monoisotopic (exact) mass is 445 g/mol. The highest BCUT2D eigenvalue weighted by Crippen LogP contribution is 2.18. The molecule has 0 aromatic heterocycles. The maximum atomic E-state index is 13.3. The summed E-state index contributed by atoms with van der Waals surface area (Å²) in [6, 6.07) is 17.5. The third-order valence-electron chi connectivity index (χ3n) is 4.94. The third-order valence-corrected chi connectivity index (χ3v) is 6.09. The lowest BCUT2D eigenvalue weighted by Gasteiger charge is -2.32. The SMILES string of the molecule is CCNC(=O)[C@@H](CC)N(CCc1ccccc1)C(=O)CN(c1ccccc1)S(C)(=O)=O. The first-order valence-corrected chi connectivity index (χ1v) is 12.3. The number of benzene rings is 2. The molecule has 31 heavy (non-hydrogen) atoms. The van der Waals surface area contributed by atoms with Crippen molar-refractivity contribution in [3.8, 4) is 0 Å². The molecule has 0 fully saturated rings. The summed E-state index contributed by atoms with van der Waals surface area (Å²) < 4.78 is 25.9. The molecule has 0 unspecified atom stereocenters. The van der Waals surface area contributed by atoms with Crippen molar-refractivity contribution in [1.82, 2.24) is 10.2 Å². The first kappa shape index (κ1) is 24.4. The van der Waals surface area contributed by atoms with Gasteiger partial charge in [-0.05, 0) is 37.5 Å². The van der Waals surface area contributed by atoms with E-state index in [0.717, 1.165) is 16.1 Å². The number of para-hydroxylation sites is 1. The quantitative estimate of drug-likeness (QED) is 0.576. The number of rotatable bonds is 11. The van der Waals surface area contributed by atoms with Crippen LogP contribution in [0.25, 0.3) is 0 Å². The zero-order valence-electron chi connectivity index (χ0n) is 18.3. The molecule has 0 aliphatic heterocycles. The molecule has 2 aromatic rings. The van der Waals surface area contributed by atoms with E-state index in [4.69, 9.17) is 0 Å². The first-order chi connectivity index (χ1) is 14.8. The van der Waals surface area contributed by atoms with E-state index in [1.807, 2.05) is 44.2 Å². The van der Waals surface area contributed by atoms with Gasteiger partial charge in [0, 0.05) is 13.1 Å². The Morgan fingerprint density at radius 3 is 2.06 bits per heavy atom. The molecule has 0 aliphatic carbocycles. The minimum Gasteiger partial charge on any atom is -0.355 e. The van der Waals surface area contributed by atoms with E-state index in [9.17, 15) is 18.0 Å². The maximum absolute atomic E-state index is 13.3. The standard InChI is InChI=1S/C23H31N3O4S/c1-4-21(23(28)24-5-2)25(17-16-19-12-8-6-9-13-19)22(27)18-26(31(3,29)30)20-14-10-7-11-15-20/h6-15,21H,4-5,16-18H2,1-3H3,(H,24,28)/t21-/m1/s1. The zero-order valence-corrected chi connectivity index (χ0v) is 19.1. The van der Waals surface area contributed by atoms with Gasteiger partial charge < -0.3 is 10.2 Å². The lowest BCUT2D eigenvalue weighted by molar-refractivity contribution is -0.139. The lowest BCUT2D eigenvalue weighted by Crippen LogP contribution is -2.53. The number of nitrogens with zero attached hydrogens (tertiary/aromatic N) is 2. The van der Waals surface area contributed by atoms with Gasteiger partial charge in [0.25, 0.3) is 0 Å². The van der Waals surface area contributed by atoms with Crippen molar-refractivity contribution >= 4 is 27.5 Å². The summed E-state index contributed by atoms with van der Waals surface area (Å²) >= 11 is 0. The van der Waals surface area contributed by atoms with Crippen LogP contribution in [0.5, 0.6) is 0 Å². The Morgan fingerprint density at radius 2 is 1.55 bits per heavy atom. The van der Waals surface area contributed by atoms with Gasteiger partial charge in [0.15, 0.2) is 0 Å². The zero-order chi connectivity index (χ0) is 22.9. The van der Waals surface area contributed by atoms with E-state index in [0.29, 0.717) is 31.6 Å². The smallest absolute Gasteiger partial charge is 0.244 e. The minimum atomic E-state index is -3.69. The van der Waals surface area contributed by atoms with E-state index >= 15 is 0 Å². The molecule has 0 spiro atoms. The first-order valence-electron chi connectivity index (χ1n) is 10.4. The number of hydrogen-bond donors (Lipinski definition) is 1. The van der Waals surface area contributed by atoms with Gasteiger partial charge in [0.2, 0.25) is 21.8 Å². The molecule has 0 saturated carbocycles. The molecule has 2 amide bonds. The summed E-state index contributed by atoms with van der Waals surface area (Å²) in [7, 11) is -3.69. The summed E-state index contributed by atoms with van der Waals surface area (Å²) in [6.07, 6.45) is 2.06. The summed E-state index contributed by atoms with van der Waals surface area (Å²) in [5.74, 6) is -0.652. The van der Waals surface area contributed by atoms with Crippen LogP contribution in [-0.2, 0) is 26.0 Å². The molecule has 0 bridgehead atoms. The minimum absolute atomic E-state index is 0.239. The van der Waals surface area contributed by atoms with Gasteiger partial charge >= 0.3 is 0 Å². The Bertz CT molecular complexity index is 949. The topological polar surface area (TPSA) is 86.8 Å². The highest BCUT2D eigenvalue weighted by atomic mass is 32.2. The van der Waals surface area contributed by atoms with Crippen LogP contribution in [0.3, 0.4) is 0 Å². The van der Waals surface area contributed by atoms with Crippen LogP contribution in [-0.4, -0.2) is 57.1 Å². The molecule has 1 N–H and O–H groups in total. The van der Waals surface area contributed by atoms with Crippen LogP contribution in [0.1, 0.15) is 25.8 Å². The number of sulfonamides is 1. The Balaban J connectivity index is 2.31. The van der Waals surface area contributed by atoms with Crippen LogP contribution in [0.4, 0.5) is 5.69 Å². The van der Waals surface area contributed by atoms with E-state index in [2.05, 4.69) is 5.32 Å². The lowest BCUT2D eigenvalue weighted by atomic mass is 10.1. The van der Waals surface area contributed by atoms with Gasteiger partial charge in [-0.1, -0.05) is 55.5 Å². The Labute approximate surface area is 185 Å². The molecule has 0 saturated heterocycles. The highest BCUT2D eigenvalue weighted by molar-refractivity contribution is 7.92. The van der Waals surface area contributed by atoms with Gasteiger partial charge in [-0.15, -0.1) is 0 Å². The molecule has 0 heterocycles. The number of carbonyl (C=O) groups excluding carboxylic acids is 2. The average Bonchev–Trinajstić information content (AvgIpc) is 2.75. The van der Waals surface area contributed by atoms with Crippen LogP contribution < -0.4 is 9.62 Å². The van der Waals surface area contributed by atoms with Crippen molar-refractivity contribution < 1.29 is 18.0 Å². The maximum Gasteiger partial charge on any atom is 0.244 e. The van der Waals surface area contributed by atoms with Gasteiger partial charge in [0.1, 0.15) is 12.6 Å². The van der Waals surface area contributed by atoms with Crippen molar-refractivity contribution in [2.24, 2.45) is 0 Å². The molecule has 2 rings (SSSR count). The van der Waals surface area contributed by atoms with Crippen LogP contribution in [0.2, 0.25) is 0 Å². The van der Waals surface area contributed by atoms with Gasteiger partial charge in [-0.3, -0.25) is 13.9 Å². The number of anilines is 1. The summed E-state index contributed by atoms with van der Waals surface area (Å²) in [5, 5.41) is 2.78. The summed E-state index contributed by atoms with van der Waals surface area (Å²) in [6.45, 7) is 4.06. The molecular formula is C23H31N3O4S. The van der Waals surface area contributed by atoms with Crippen molar-refractivity contribution in [2.45, 2.75) is 32.7 Å². The van der Waals surface area contributed by atoms with Crippen LogP contribution in [0, 0.1) is 0 Å². The highest BCUT2D eigenvalue weighted by Gasteiger charge is 2.31. The van der Waals surface area contributed by atoms with Gasteiger partial charge in [0.05, 0.1) is 11.9 Å². The van der Waals surface area contributed by atoms with E-state index < -0.39 is 22.0 Å². The fourth-order valence-corrected chi connectivity index (χ4v) is 4.25. The van der Waals surface area contributed by atoms with Crippen molar-refractivity contribution in [2.75, 3.05) is 30.2 Å². The Hall–Kier alpha value is -2.87. The second-order valence-electron chi connectivity index (χ2n) is 7.25. The second kappa shape index (κ2) is 11.5. The van der Waals surface area contributed by atoms with E-state index in [1.165, 1.54) is 4.90 Å². The Morgan fingerprint density at radius 1 is 0.968 bits per heavy atom. The molecule has 168 valence electrons. The molecule has 1 atom stereocenters. The predicted octanol–water partition coefficient (Wildman–Crippen LogP) is 2.44. The molecule has 0 radical (unpaired) electrons. The van der Waals surface area contributed by atoms with Crippen molar-refractivity contribution in [3.63, 3.8) is 0 Å². The van der Waals surface area contributed by atoms with Gasteiger partial charge in [-0.2, -0.15) is 0 Å². The second-order valence-corrected chi connectivity index (χ2v) is 9.15. The molecule has 7 nitrogen and oxygen atoms in total. The van der Waals surface area contributed by atoms with Crippen LogP contribution >= 0.6 is 0 Å². The fraction of sp³-hybridized carbons (Fsp3) is 0.391. The summed E-state index contributed by atoms with van der Waals surface area (Å²) in [4.78, 5) is 27.5. The number of nitrogens with one attached hydrogen (secondary N) is 1. The molecular weight excluding hydrogens is 414 g/mol. The number of carbonyl (C=O) groups is 2. The number of hydrogen-bond acceptors (Lipinski definition) is 4. The molecule has 8 heteroatoms. The molecule has 0 aliphatic rings. The van der Waals surface area contributed by atoms with Crippen LogP contribution in [0.15, 0.2) is 60.7 Å². The normalized spacial score (nSPS) is 12.1. The third kappa shape index (κ3) is 7.10. The fourth-order valence-electron chi connectivity index (χ4n) is 3.40. The Kier molecular flexibility index (Phi) is 9.05. The van der Waals surface area contributed by atoms with Gasteiger partial charge in [-0.25, -0.2) is 8.42 Å². The predicted molar refractivity (Wildman–Crippen MR) is 123 cm³/mol. The van der Waals surface area contributed by atoms with E-state index in [-0.39, 0.29) is 12.5 Å². The molecule has 2 aromatic carbocycles. The number of amides is 2. The summed E-state index contributed by atoms with van der Waals surface area (Å²) in [5.41, 5.74) is 1.45.